The van der Waals surface area contributed by atoms with Crippen LogP contribution in [0.5, 0.6) is 0 Å². The molecule has 28 heavy (non-hydrogen) atoms. The summed E-state index contributed by atoms with van der Waals surface area (Å²) >= 11 is 1.68. The normalized spacial score (nSPS) is 14.8. The van der Waals surface area contributed by atoms with E-state index in [9.17, 15) is 4.79 Å². The van der Waals surface area contributed by atoms with Crippen LogP contribution in [0.1, 0.15) is 12.8 Å². The van der Waals surface area contributed by atoms with Crippen LogP contribution in [-0.4, -0.2) is 34.8 Å². The Morgan fingerprint density at radius 1 is 1.11 bits per heavy atom. The predicted molar refractivity (Wildman–Crippen MR) is 115 cm³/mol. The summed E-state index contributed by atoms with van der Waals surface area (Å²) in [5.41, 5.74) is 1.95. The summed E-state index contributed by atoms with van der Waals surface area (Å²) in [6.07, 6.45) is 9.59. The lowest BCUT2D eigenvalue weighted by Gasteiger charge is -2.33. The summed E-state index contributed by atoms with van der Waals surface area (Å²) in [4.78, 5) is 20.8. The zero-order valence-corrected chi connectivity index (χ0v) is 16.7. The number of thioether (sulfide) groups is 1. The van der Waals surface area contributed by atoms with Crippen LogP contribution >= 0.6 is 11.8 Å². The molecule has 1 aromatic carbocycles. The molecule has 1 fully saturated rings. The Hall–Kier alpha value is -2.73. The molecule has 1 aliphatic heterocycles. The number of hydrogen-bond acceptors (Lipinski definition) is 4. The van der Waals surface area contributed by atoms with Crippen molar-refractivity contribution < 1.29 is 4.79 Å². The molecular formula is C22H24N4OS. The van der Waals surface area contributed by atoms with Gasteiger partial charge in [-0.25, -0.2) is 4.98 Å². The van der Waals surface area contributed by atoms with Gasteiger partial charge in [-0.1, -0.05) is 6.07 Å². The molecule has 6 heteroatoms. The van der Waals surface area contributed by atoms with Crippen LogP contribution in [0.15, 0.2) is 72.0 Å². The first kappa shape index (κ1) is 18.6. The van der Waals surface area contributed by atoms with Gasteiger partial charge in [-0.05, 0) is 61.6 Å². The lowest BCUT2D eigenvalue weighted by atomic mass is 9.95. The number of hydrogen-bond donors (Lipinski definition) is 1. The van der Waals surface area contributed by atoms with Gasteiger partial charge in [0.15, 0.2) is 5.82 Å². The number of carbonyl (C=O) groups is 1. The first-order valence-electron chi connectivity index (χ1n) is 9.53. The molecule has 1 amide bonds. The standard InChI is InChI=1S/C22H24N4OS/c1-28-19-7-4-6-18(16-19)24-22(27)17-9-14-26(15-10-17)21-20(8-5-11-23-21)25-12-2-3-13-25/h2-8,11-13,16-17H,9-10,14-15H2,1H3,(H,24,27). The highest BCUT2D eigenvalue weighted by Gasteiger charge is 2.27. The maximum absolute atomic E-state index is 12.7. The van der Waals surface area contributed by atoms with Gasteiger partial charge in [0.25, 0.3) is 0 Å². The van der Waals surface area contributed by atoms with E-state index < -0.39 is 0 Å². The number of rotatable bonds is 5. The highest BCUT2D eigenvalue weighted by molar-refractivity contribution is 7.98. The lowest BCUT2D eigenvalue weighted by molar-refractivity contribution is -0.120. The van der Waals surface area contributed by atoms with Crippen LogP contribution in [0.2, 0.25) is 0 Å². The van der Waals surface area contributed by atoms with Crippen molar-refractivity contribution in [2.75, 3.05) is 29.6 Å². The van der Waals surface area contributed by atoms with Gasteiger partial charge in [0.1, 0.15) is 0 Å². The van der Waals surface area contributed by atoms with E-state index in [-0.39, 0.29) is 11.8 Å². The molecule has 0 bridgehead atoms. The first-order valence-corrected chi connectivity index (χ1v) is 10.8. The predicted octanol–water partition coefficient (Wildman–Crippen LogP) is 4.45. The Kier molecular flexibility index (Phi) is 5.67. The van der Waals surface area contributed by atoms with E-state index >= 15 is 0 Å². The third kappa shape index (κ3) is 4.07. The fourth-order valence-electron chi connectivity index (χ4n) is 3.63. The molecule has 0 radical (unpaired) electrons. The van der Waals surface area contributed by atoms with Gasteiger partial charge in [0.2, 0.25) is 5.91 Å². The number of pyridine rings is 1. The molecule has 1 aliphatic rings. The minimum Gasteiger partial charge on any atom is -0.355 e. The Morgan fingerprint density at radius 2 is 1.89 bits per heavy atom. The quantitative estimate of drug-likeness (QED) is 0.652. The summed E-state index contributed by atoms with van der Waals surface area (Å²) in [6, 6.07) is 16.1. The number of nitrogens with one attached hydrogen (secondary N) is 1. The van der Waals surface area contributed by atoms with Gasteiger partial charge in [-0.2, -0.15) is 0 Å². The summed E-state index contributed by atoms with van der Waals surface area (Å²) in [5.74, 6) is 1.13. The van der Waals surface area contributed by atoms with E-state index in [0.29, 0.717) is 0 Å². The molecule has 5 nitrogen and oxygen atoms in total. The summed E-state index contributed by atoms with van der Waals surface area (Å²) < 4.78 is 2.08. The highest BCUT2D eigenvalue weighted by Crippen LogP contribution is 2.28. The van der Waals surface area contributed by atoms with Crippen LogP contribution < -0.4 is 10.2 Å². The topological polar surface area (TPSA) is 50.2 Å². The second-order valence-electron chi connectivity index (χ2n) is 6.92. The molecule has 4 rings (SSSR count). The first-order chi connectivity index (χ1) is 13.7. The van der Waals surface area contributed by atoms with Crippen molar-refractivity contribution in [3.63, 3.8) is 0 Å². The maximum Gasteiger partial charge on any atom is 0.227 e. The molecule has 144 valence electrons. The third-order valence-electron chi connectivity index (χ3n) is 5.15. The van der Waals surface area contributed by atoms with Crippen molar-refractivity contribution in [2.24, 2.45) is 5.92 Å². The minimum absolute atomic E-state index is 0.0351. The molecule has 1 saturated heterocycles. The molecular weight excluding hydrogens is 368 g/mol. The van der Waals surface area contributed by atoms with Crippen LogP contribution in [0, 0.1) is 5.92 Å². The molecule has 0 aliphatic carbocycles. The van der Waals surface area contributed by atoms with Crippen molar-refractivity contribution in [2.45, 2.75) is 17.7 Å². The van der Waals surface area contributed by atoms with Crippen molar-refractivity contribution in [3.05, 3.63) is 67.1 Å². The summed E-state index contributed by atoms with van der Waals surface area (Å²) in [5, 5.41) is 3.08. The molecule has 3 aromatic rings. The SMILES string of the molecule is CSc1cccc(NC(=O)C2CCN(c3ncccc3-n3cccc3)CC2)c1. The van der Waals surface area contributed by atoms with Crippen molar-refractivity contribution in [1.29, 1.82) is 0 Å². The van der Waals surface area contributed by atoms with E-state index in [1.807, 2.05) is 67.3 Å². The van der Waals surface area contributed by atoms with Gasteiger partial charge in [0.05, 0.1) is 5.69 Å². The molecule has 0 spiro atoms. The Morgan fingerprint density at radius 3 is 2.64 bits per heavy atom. The van der Waals surface area contributed by atoms with Crippen molar-refractivity contribution in [1.82, 2.24) is 9.55 Å². The summed E-state index contributed by atoms with van der Waals surface area (Å²) in [6.45, 7) is 1.66. The highest BCUT2D eigenvalue weighted by atomic mass is 32.2. The van der Waals surface area contributed by atoms with E-state index in [4.69, 9.17) is 0 Å². The Bertz CT molecular complexity index is 933. The van der Waals surface area contributed by atoms with E-state index in [0.717, 1.165) is 48.0 Å². The molecule has 0 atom stereocenters. The van der Waals surface area contributed by atoms with Crippen molar-refractivity contribution >= 4 is 29.2 Å². The van der Waals surface area contributed by atoms with Gasteiger partial charge >= 0.3 is 0 Å². The molecule has 1 N–H and O–H groups in total. The zero-order valence-electron chi connectivity index (χ0n) is 15.9. The average Bonchev–Trinajstić information content (AvgIpc) is 3.29. The van der Waals surface area contributed by atoms with Gasteiger partial charge in [-0.3, -0.25) is 4.79 Å². The van der Waals surface area contributed by atoms with E-state index in [1.165, 1.54) is 0 Å². The number of anilines is 2. The molecule has 2 aromatic heterocycles. The fraction of sp³-hybridized carbons (Fsp3) is 0.273. The van der Waals surface area contributed by atoms with Gasteiger partial charge < -0.3 is 14.8 Å². The van der Waals surface area contributed by atoms with Crippen LogP contribution in [0.4, 0.5) is 11.5 Å². The monoisotopic (exact) mass is 392 g/mol. The number of amides is 1. The number of carbonyl (C=O) groups excluding carboxylic acids is 1. The number of aromatic nitrogens is 2. The number of piperidine rings is 1. The fourth-order valence-corrected chi connectivity index (χ4v) is 4.09. The third-order valence-corrected chi connectivity index (χ3v) is 5.88. The van der Waals surface area contributed by atoms with Crippen LogP contribution in [-0.2, 0) is 4.79 Å². The zero-order chi connectivity index (χ0) is 19.3. The van der Waals surface area contributed by atoms with E-state index in [1.54, 1.807) is 11.8 Å². The van der Waals surface area contributed by atoms with Gasteiger partial charge in [-0.15, -0.1) is 11.8 Å². The Labute approximate surface area is 169 Å². The molecule has 3 heterocycles. The second-order valence-corrected chi connectivity index (χ2v) is 7.80. The van der Waals surface area contributed by atoms with Crippen LogP contribution in [0.25, 0.3) is 5.69 Å². The molecule has 0 unspecified atom stereocenters. The van der Waals surface area contributed by atoms with Crippen LogP contribution in [0.3, 0.4) is 0 Å². The second kappa shape index (κ2) is 8.52. The largest absolute Gasteiger partial charge is 0.355 e. The lowest BCUT2D eigenvalue weighted by Crippen LogP contribution is -2.39. The smallest absolute Gasteiger partial charge is 0.227 e. The summed E-state index contributed by atoms with van der Waals surface area (Å²) in [7, 11) is 0. The number of nitrogens with zero attached hydrogens (tertiary/aromatic N) is 3. The number of benzene rings is 1. The average molecular weight is 393 g/mol. The van der Waals surface area contributed by atoms with E-state index in [2.05, 4.69) is 25.8 Å². The van der Waals surface area contributed by atoms with Crippen molar-refractivity contribution in [3.8, 4) is 5.69 Å². The van der Waals surface area contributed by atoms with Gasteiger partial charge in [0, 0.05) is 48.2 Å². The molecule has 0 saturated carbocycles. The Balaban J connectivity index is 1.40. The minimum atomic E-state index is 0.0351. The maximum atomic E-state index is 12.7.